The molecule has 4 nitrogen and oxygen atoms in total. The Balaban J connectivity index is 2.30. The molecule has 0 radical (unpaired) electrons. The van der Waals surface area contributed by atoms with Crippen LogP contribution in [-0.4, -0.2) is 17.3 Å². The van der Waals surface area contributed by atoms with Gasteiger partial charge < -0.3 is 5.11 Å². The average molecular weight is 238 g/mol. The highest BCUT2D eigenvalue weighted by molar-refractivity contribution is 5.87. The molecule has 2 aliphatic rings. The van der Waals surface area contributed by atoms with Crippen molar-refractivity contribution < 1.29 is 9.90 Å². The van der Waals surface area contributed by atoms with Crippen LogP contribution in [0.3, 0.4) is 0 Å². The monoisotopic (exact) mass is 238 g/mol. The van der Waals surface area contributed by atoms with E-state index in [1.54, 1.807) is 12.4 Å². The lowest BCUT2D eigenvalue weighted by molar-refractivity contribution is -0.132. The van der Waals surface area contributed by atoms with Gasteiger partial charge in [-0.15, -0.1) is 0 Å². The number of hydrogen-bond donors (Lipinski definition) is 1. The van der Waals surface area contributed by atoms with Gasteiger partial charge in [0.25, 0.3) is 0 Å². The third-order valence-electron chi connectivity index (χ3n) is 2.99. The maximum absolute atomic E-state index is 10.9. The molecule has 1 N–H and O–H groups in total. The SMILES string of the molecule is O=C(O)C1=CN=c2c(ccc3c2=CC=CN=C3)C1. The second-order valence-corrected chi connectivity index (χ2v) is 4.13. The molecule has 2 aliphatic heterocycles. The topological polar surface area (TPSA) is 62.0 Å². The fourth-order valence-electron chi connectivity index (χ4n) is 2.09. The molecule has 1 aromatic carbocycles. The minimum absolute atomic E-state index is 0.320. The molecule has 0 fully saturated rings. The fourth-order valence-corrected chi connectivity index (χ4v) is 2.09. The van der Waals surface area contributed by atoms with Crippen molar-refractivity contribution in [3.05, 3.63) is 57.9 Å². The first kappa shape index (κ1) is 10.7. The molecule has 0 saturated heterocycles. The second kappa shape index (κ2) is 4.07. The van der Waals surface area contributed by atoms with Crippen LogP contribution in [0.2, 0.25) is 0 Å². The van der Waals surface area contributed by atoms with Crippen LogP contribution in [0, 0.1) is 0 Å². The van der Waals surface area contributed by atoms with Crippen LogP contribution in [0.15, 0.2) is 46.2 Å². The van der Waals surface area contributed by atoms with Crippen LogP contribution >= 0.6 is 0 Å². The van der Waals surface area contributed by atoms with Crippen LogP contribution in [0.25, 0.3) is 6.08 Å². The average Bonchev–Trinajstić information content (AvgIpc) is 2.63. The molecule has 4 heteroatoms. The number of aliphatic carboxylic acids is 1. The van der Waals surface area contributed by atoms with E-state index in [4.69, 9.17) is 5.11 Å². The minimum Gasteiger partial charge on any atom is -0.478 e. The number of nitrogens with zero attached hydrogens (tertiary/aromatic N) is 2. The smallest absolute Gasteiger partial charge is 0.333 e. The van der Waals surface area contributed by atoms with E-state index in [-0.39, 0.29) is 0 Å². The largest absolute Gasteiger partial charge is 0.478 e. The van der Waals surface area contributed by atoms with Crippen molar-refractivity contribution in [3.63, 3.8) is 0 Å². The number of rotatable bonds is 1. The van der Waals surface area contributed by atoms with Gasteiger partial charge in [0.15, 0.2) is 0 Å². The summed E-state index contributed by atoms with van der Waals surface area (Å²) in [4.78, 5) is 19.3. The van der Waals surface area contributed by atoms with Gasteiger partial charge in [0.05, 0.1) is 10.9 Å². The predicted molar refractivity (Wildman–Crippen MR) is 67.8 cm³/mol. The van der Waals surface area contributed by atoms with Crippen molar-refractivity contribution in [1.29, 1.82) is 0 Å². The number of hydrogen-bond acceptors (Lipinski definition) is 3. The van der Waals surface area contributed by atoms with Crippen molar-refractivity contribution in [2.75, 3.05) is 0 Å². The van der Waals surface area contributed by atoms with Gasteiger partial charge in [-0.05, 0) is 11.6 Å². The quantitative estimate of drug-likeness (QED) is 0.777. The molecule has 3 rings (SSSR count). The van der Waals surface area contributed by atoms with Crippen molar-refractivity contribution in [2.45, 2.75) is 6.42 Å². The Hall–Kier alpha value is -2.49. The Morgan fingerprint density at radius 3 is 3.06 bits per heavy atom. The van der Waals surface area contributed by atoms with Crippen LogP contribution in [0.4, 0.5) is 0 Å². The normalized spacial score (nSPS) is 15.7. The fraction of sp³-hybridized carbons (Fsp3) is 0.0714. The van der Waals surface area contributed by atoms with Crippen molar-refractivity contribution >= 4 is 18.3 Å². The Labute approximate surface area is 103 Å². The van der Waals surface area contributed by atoms with Crippen LogP contribution in [-0.2, 0) is 11.2 Å². The molecule has 0 aliphatic carbocycles. The highest BCUT2D eigenvalue weighted by Gasteiger charge is 2.14. The van der Waals surface area contributed by atoms with E-state index in [0.717, 1.165) is 21.7 Å². The summed E-state index contributed by atoms with van der Waals surface area (Å²) in [6, 6.07) is 3.86. The van der Waals surface area contributed by atoms with Gasteiger partial charge in [0.2, 0.25) is 0 Å². The summed E-state index contributed by atoms with van der Waals surface area (Å²) in [5.41, 5.74) is 2.25. The van der Waals surface area contributed by atoms with Crippen LogP contribution in [0.5, 0.6) is 0 Å². The Kier molecular flexibility index (Phi) is 2.41. The van der Waals surface area contributed by atoms with E-state index in [1.807, 2.05) is 24.3 Å². The molecular weight excluding hydrogens is 228 g/mol. The summed E-state index contributed by atoms with van der Waals surface area (Å²) in [5, 5.41) is 10.8. The summed E-state index contributed by atoms with van der Waals surface area (Å²) in [5.74, 6) is -0.912. The first-order chi connectivity index (χ1) is 8.75. The number of carbonyl (C=O) groups is 1. The Bertz CT molecular complexity index is 740. The lowest BCUT2D eigenvalue weighted by Gasteiger charge is -2.09. The van der Waals surface area contributed by atoms with Crippen molar-refractivity contribution in [2.24, 2.45) is 9.98 Å². The third kappa shape index (κ3) is 1.68. The number of aliphatic imine (C=N–C) groups is 1. The molecular formula is C14H10N2O2. The predicted octanol–water partition coefficient (Wildman–Crippen LogP) is 0.558. The molecule has 18 heavy (non-hydrogen) atoms. The number of benzene rings is 1. The molecule has 2 heterocycles. The molecule has 1 aromatic rings. The molecule has 0 atom stereocenters. The van der Waals surface area contributed by atoms with Crippen LogP contribution in [0.1, 0.15) is 11.1 Å². The van der Waals surface area contributed by atoms with Gasteiger partial charge in [0.1, 0.15) is 0 Å². The van der Waals surface area contributed by atoms with Gasteiger partial charge in [-0.25, -0.2) is 4.79 Å². The summed E-state index contributed by atoms with van der Waals surface area (Å²) >= 11 is 0. The number of fused-ring (bicyclic) bond motifs is 3. The van der Waals surface area contributed by atoms with Gasteiger partial charge in [0, 0.05) is 35.8 Å². The van der Waals surface area contributed by atoms with Gasteiger partial charge in [-0.2, -0.15) is 0 Å². The maximum Gasteiger partial charge on any atom is 0.333 e. The minimum atomic E-state index is -0.912. The summed E-state index contributed by atoms with van der Waals surface area (Å²) in [6.45, 7) is 0. The van der Waals surface area contributed by atoms with E-state index in [2.05, 4.69) is 9.98 Å². The number of carboxylic acid groups (broad SMARTS) is 1. The first-order valence-electron chi connectivity index (χ1n) is 5.58. The lowest BCUT2D eigenvalue weighted by Crippen LogP contribution is -2.34. The van der Waals surface area contributed by atoms with Crippen LogP contribution < -0.4 is 10.6 Å². The van der Waals surface area contributed by atoms with Crippen molar-refractivity contribution in [3.8, 4) is 0 Å². The second-order valence-electron chi connectivity index (χ2n) is 4.13. The highest BCUT2D eigenvalue weighted by Crippen LogP contribution is 2.08. The lowest BCUT2D eigenvalue weighted by atomic mass is 9.99. The molecule has 0 aromatic heterocycles. The zero-order chi connectivity index (χ0) is 12.5. The summed E-state index contributed by atoms with van der Waals surface area (Å²) in [6.07, 6.45) is 9.15. The zero-order valence-electron chi connectivity index (χ0n) is 9.50. The molecule has 0 amide bonds. The summed E-state index contributed by atoms with van der Waals surface area (Å²) in [7, 11) is 0. The van der Waals surface area contributed by atoms with E-state index in [0.29, 0.717) is 12.0 Å². The number of allylic oxidation sites excluding steroid dienone is 1. The van der Waals surface area contributed by atoms with Gasteiger partial charge in [-0.1, -0.05) is 18.2 Å². The zero-order valence-corrected chi connectivity index (χ0v) is 9.50. The van der Waals surface area contributed by atoms with E-state index in [9.17, 15) is 4.79 Å². The van der Waals surface area contributed by atoms with Crippen molar-refractivity contribution in [1.82, 2.24) is 0 Å². The van der Waals surface area contributed by atoms with E-state index >= 15 is 0 Å². The molecule has 0 bridgehead atoms. The molecule has 88 valence electrons. The van der Waals surface area contributed by atoms with Gasteiger partial charge >= 0.3 is 5.97 Å². The third-order valence-corrected chi connectivity index (χ3v) is 2.99. The molecule has 0 unspecified atom stereocenters. The van der Waals surface area contributed by atoms with E-state index < -0.39 is 5.97 Å². The molecule has 0 saturated carbocycles. The van der Waals surface area contributed by atoms with Gasteiger partial charge in [-0.3, -0.25) is 9.98 Å². The number of carboxylic acids is 1. The Morgan fingerprint density at radius 1 is 1.33 bits per heavy atom. The summed E-state index contributed by atoms with van der Waals surface area (Å²) < 4.78 is 0. The standard InChI is InChI=1S/C14H10N2O2/c17-14(18)11-6-9-3-4-10-7-15-5-1-2-12(10)13(9)16-8-11/h1-5,7-8H,6H2,(H,17,18). The maximum atomic E-state index is 10.9. The highest BCUT2D eigenvalue weighted by atomic mass is 16.4. The Morgan fingerprint density at radius 2 is 2.22 bits per heavy atom. The van der Waals surface area contributed by atoms with E-state index in [1.165, 1.54) is 6.20 Å². The first-order valence-corrected chi connectivity index (χ1v) is 5.58. The molecule has 0 spiro atoms.